The minimum atomic E-state index is 0. The van der Waals surface area contributed by atoms with Crippen molar-refractivity contribution in [3.05, 3.63) is 35.4 Å². The van der Waals surface area contributed by atoms with Crippen molar-refractivity contribution in [1.82, 2.24) is 10.2 Å². The molecule has 2 aliphatic rings. The molecule has 1 heterocycles. The molecule has 0 spiro atoms. The highest BCUT2D eigenvalue weighted by atomic mass is 35.5. The quantitative estimate of drug-likeness (QED) is 0.875. The van der Waals surface area contributed by atoms with Crippen molar-refractivity contribution in [2.75, 3.05) is 26.2 Å². The first kappa shape index (κ1) is 19.8. The standard InChI is InChI=1S/C18H28N2.2ClH/c1-15-7-5-6-10-17(15)18(16-8-3-2-4-9-16)20-13-11-19-12-14-20;;/h5-7,10,16,18-19H,2-4,8-9,11-14H2,1H3;2*1H/t18-;;/m0../s1. The number of halogens is 2. The van der Waals surface area contributed by atoms with Crippen molar-refractivity contribution in [3.63, 3.8) is 0 Å². The van der Waals surface area contributed by atoms with Crippen LogP contribution in [0.1, 0.15) is 49.3 Å². The predicted molar refractivity (Wildman–Crippen MR) is 99.4 cm³/mol. The van der Waals surface area contributed by atoms with Crippen molar-refractivity contribution in [1.29, 1.82) is 0 Å². The van der Waals surface area contributed by atoms with Crippen LogP contribution in [0.3, 0.4) is 0 Å². The van der Waals surface area contributed by atoms with Crippen LogP contribution in [-0.4, -0.2) is 31.1 Å². The normalized spacial score (nSPS) is 21.5. The lowest BCUT2D eigenvalue weighted by molar-refractivity contribution is 0.103. The summed E-state index contributed by atoms with van der Waals surface area (Å²) in [7, 11) is 0. The zero-order valence-corrected chi connectivity index (χ0v) is 15.2. The molecule has 3 rings (SSSR count). The molecule has 1 aliphatic carbocycles. The molecule has 0 bridgehead atoms. The molecule has 1 saturated heterocycles. The minimum Gasteiger partial charge on any atom is -0.314 e. The summed E-state index contributed by atoms with van der Waals surface area (Å²) >= 11 is 0. The maximum atomic E-state index is 3.50. The van der Waals surface area contributed by atoms with E-state index in [0.717, 1.165) is 19.0 Å². The van der Waals surface area contributed by atoms with Crippen molar-refractivity contribution in [2.24, 2.45) is 5.92 Å². The Hall–Kier alpha value is -0.280. The molecule has 1 aromatic carbocycles. The number of hydrogen-bond donors (Lipinski definition) is 1. The molecule has 1 saturated carbocycles. The first-order chi connectivity index (χ1) is 9.86. The number of rotatable bonds is 3. The van der Waals surface area contributed by atoms with Gasteiger partial charge in [-0.1, -0.05) is 43.5 Å². The molecule has 1 N–H and O–H groups in total. The number of nitrogens with zero attached hydrogens (tertiary/aromatic N) is 1. The lowest BCUT2D eigenvalue weighted by atomic mass is 9.79. The lowest BCUT2D eigenvalue weighted by Crippen LogP contribution is -2.47. The Labute approximate surface area is 147 Å². The number of nitrogens with one attached hydrogen (secondary N) is 1. The van der Waals surface area contributed by atoms with Gasteiger partial charge in [0.25, 0.3) is 0 Å². The van der Waals surface area contributed by atoms with Crippen molar-refractivity contribution in [3.8, 4) is 0 Å². The van der Waals surface area contributed by atoms with E-state index < -0.39 is 0 Å². The average Bonchev–Trinajstić information content (AvgIpc) is 2.52. The van der Waals surface area contributed by atoms with Crippen molar-refractivity contribution >= 4 is 24.8 Å². The molecule has 4 heteroatoms. The molecule has 0 unspecified atom stereocenters. The summed E-state index contributed by atoms with van der Waals surface area (Å²) < 4.78 is 0. The van der Waals surface area contributed by atoms with Gasteiger partial charge in [-0.3, -0.25) is 4.90 Å². The second kappa shape index (κ2) is 9.77. The van der Waals surface area contributed by atoms with Gasteiger partial charge in [-0.25, -0.2) is 0 Å². The smallest absolute Gasteiger partial charge is 0.0379 e. The maximum Gasteiger partial charge on any atom is 0.0379 e. The third kappa shape index (κ3) is 4.61. The Morgan fingerprint density at radius 3 is 2.27 bits per heavy atom. The van der Waals surface area contributed by atoms with Crippen molar-refractivity contribution < 1.29 is 0 Å². The summed E-state index contributed by atoms with van der Waals surface area (Å²) in [6, 6.07) is 9.71. The van der Waals surface area contributed by atoms with Gasteiger partial charge in [-0.05, 0) is 36.8 Å². The Balaban J connectivity index is 0.00000121. The van der Waals surface area contributed by atoms with Gasteiger partial charge in [0.2, 0.25) is 0 Å². The summed E-state index contributed by atoms with van der Waals surface area (Å²) in [6.45, 7) is 6.99. The van der Waals surface area contributed by atoms with Gasteiger partial charge in [0.1, 0.15) is 0 Å². The summed E-state index contributed by atoms with van der Waals surface area (Å²) in [5.74, 6) is 0.864. The number of hydrogen-bond acceptors (Lipinski definition) is 2. The van der Waals surface area contributed by atoms with E-state index in [1.165, 1.54) is 50.8 Å². The van der Waals surface area contributed by atoms with E-state index in [2.05, 4.69) is 41.4 Å². The first-order valence-electron chi connectivity index (χ1n) is 8.36. The Bertz CT molecular complexity index is 409. The van der Waals surface area contributed by atoms with E-state index in [0.29, 0.717) is 6.04 Å². The van der Waals surface area contributed by atoms with Gasteiger partial charge >= 0.3 is 0 Å². The van der Waals surface area contributed by atoms with Crippen LogP contribution in [0.4, 0.5) is 0 Å². The van der Waals surface area contributed by atoms with Gasteiger partial charge in [-0.15, -0.1) is 24.8 Å². The molecule has 2 fully saturated rings. The second-order valence-electron chi connectivity index (χ2n) is 6.49. The fourth-order valence-electron chi connectivity index (χ4n) is 4.08. The van der Waals surface area contributed by atoms with E-state index in [4.69, 9.17) is 0 Å². The fraction of sp³-hybridized carbons (Fsp3) is 0.667. The molecular formula is C18H30Cl2N2. The topological polar surface area (TPSA) is 15.3 Å². The third-order valence-corrected chi connectivity index (χ3v) is 5.15. The van der Waals surface area contributed by atoms with Crippen LogP contribution < -0.4 is 5.32 Å². The number of aryl methyl sites for hydroxylation is 1. The largest absolute Gasteiger partial charge is 0.314 e. The van der Waals surface area contributed by atoms with Crippen LogP contribution in [-0.2, 0) is 0 Å². The van der Waals surface area contributed by atoms with Crippen LogP contribution in [0.25, 0.3) is 0 Å². The molecule has 2 nitrogen and oxygen atoms in total. The first-order valence-corrected chi connectivity index (χ1v) is 8.36. The summed E-state index contributed by atoms with van der Waals surface area (Å²) in [4.78, 5) is 2.74. The molecule has 22 heavy (non-hydrogen) atoms. The van der Waals surface area contributed by atoms with Gasteiger partial charge < -0.3 is 5.32 Å². The lowest BCUT2D eigenvalue weighted by Gasteiger charge is -2.41. The van der Waals surface area contributed by atoms with Crippen LogP contribution in [0.15, 0.2) is 24.3 Å². The minimum absolute atomic E-state index is 0. The average molecular weight is 345 g/mol. The zero-order chi connectivity index (χ0) is 13.8. The molecule has 0 radical (unpaired) electrons. The van der Waals surface area contributed by atoms with E-state index in [-0.39, 0.29) is 24.8 Å². The van der Waals surface area contributed by atoms with E-state index in [9.17, 15) is 0 Å². The zero-order valence-electron chi connectivity index (χ0n) is 13.6. The van der Waals surface area contributed by atoms with Crippen LogP contribution in [0.2, 0.25) is 0 Å². The monoisotopic (exact) mass is 344 g/mol. The summed E-state index contributed by atoms with van der Waals surface area (Å²) in [5.41, 5.74) is 3.06. The third-order valence-electron chi connectivity index (χ3n) is 5.15. The second-order valence-corrected chi connectivity index (χ2v) is 6.49. The summed E-state index contributed by atoms with van der Waals surface area (Å²) in [6.07, 6.45) is 7.14. The van der Waals surface area contributed by atoms with E-state index in [1.54, 1.807) is 5.56 Å². The van der Waals surface area contributed by atoms with Gasteiger partial charge in [0.15, 0.2) is 0 Å². The Kier molecular flexibility index (Phi) is 8.78. The van der Waals surface area contributed by atoms with Crippen LogP contribution in [0.5, 0.6) is 0 Å². The van der Waals surface area contributed by atoms with Crippen LogP contribution >= 0.6 is 24.8 Å². The summed E-state index contributed by atoms with van der Waals surface area (Å²) in [5, 5.41) is 3.50. The fourth-order valence-corrected chi connectivity index (χ4v) is 4.08. The highest BCUT2D eigenvalue weighted by Crippen LogP contribution is 2.39. The van der Waals surface area contributed by atoms with Crippen molar-refractivity contribution in [2.45, 2.75) is 45.1 Å². The van der Waals surface area contributed by atoms with E-state index in [1.807, 2.05) is 0 Å². The van der Waals surface area contributed by atoms with Gasteiger partial charge in [-0.2, -0.15) is 0 Å². The highest BCUT2D eigenvalue weighted by molar-refractivity contribution is 5.85. The SMILES string of the molecule is Cc1ccccc1[C@H](C1CCCCC1)N1CCNCC1.Cl.Cl. The molecule has 1 aliphatic heterocycles. The molecule has 1 aromatic rings. The molecular weight excluding hydrogens is 315 g/mol. The Morgan fingerprint density at radius 1 is 1.00 bits per heavy atom. The molecule has 0 amide bonds. The number of benzene rings is 1. The molecule has 126 valence electrons. The highest BCUT2D eigenvalue weighted by Gasteiger charge is 2.31. The number of piperazine rings is 1. The maximum absolute atomic E-state index is 3.50. The predicted octanol–water partition coefficient (Wildman–Crippen LogP) is 4.37. The molecule has 1 atom stereocenters. The van der Waals surface area contributed by atoms with Crippen LogP contribution in [0, 0.1) is 12.8 Å². The Morgan fingerprint density at radius 2 is 1.64 bits per heavy atom. The molecule has 0 aromatic heterocycles. The van der Waals surface area contributed by atoms with E-state index >= 15 is 0 Å². The van der Waals surface area contributed by atoms with Gasteiger partial charge in [0, 0.05) is 32.2 Å². The van der Waals surface area contributed by atoms with Gasteiger partial charge in [0.05, 0.1) is 0 Å².